The van der Waals surface area contributed by atoms with Crippen LogP contribution >= 0.6 is 0 Å². The molecule has 0 heterocycles. The number of carbonyl (C=O) groups is 1. The molecule has 0 unspecified atom stereocenters. The standard InChI is InChI=1S/C16H25NO2/c1-5-17(9-10-19-6-2)12-16(18)15-8-7-13(3)11-14(15)4/h7-8,11H,5-6,9-10,12H2,1-4H3. The summed E-state index contributed by atoms with van der Waals surface area (Å²) in [6.07, 6.45) is 0. The van der Waals surface area contributed by atoms with E-state index in [-0.39, 0.29) is 5.78 Å². The summed E-state index contributed by atoms with van der Waals surface area (Å²) in [7, 11) is 0. The first-order chi connectivity index (χ1) is 9.08. The van der Waals surface area contributed by atoms with E-state index in [1.165, 1.54) is 5.56 Å². The van der Waals surface area contributed by atoms with Crippen molar-refractivity contribution in [1.82, 2.24) is 4.90 Å². The molecule has 0 N–H and O–H groups in total. The van der Waals surface area contributed by atoms with E-state index in [1.54, 1.807) is 0 Å². The van der Waals surface area contributed by atoms with Crippen molar-refractivity contribution < 1.29 is 9.53 Å². The number of aryl methyl sites for hydroxylation is 2. The Morgan fingerprint density at radius 2 is 2.00 bits per heavy atom. The zero-order valence-corrected chi connectivity index (χ0v) is 12.5. The van der Waals surface area contributed by atoms with E-state index in [9.17, 15) is 4.79 Å². The Morgan fingerprint density at radius 1 is 1.26 bits per heavy atom. The second-order valence-electron chi connectivity index (χ2n) is 4.81. The lowest BCUT2D eigenvalue weighted by Crippen LogP contribution is -2.33. The summed E-state index contributed by atoms with van der Waals surface area (Å²) in [6.45, 7) is 11.6. The monoisotopic (exact) mass is 263 g/mol. The smallest absolute Gasteiger partial charge is 0.177 e. The normalized spacial score (nSPS) is 11.0. The number of hydrogen-bond acceptors (Lipinski definition) is 3. The highest BCUT2D eigenvalue weighted by molar-refractivity contribution is 5.98. The van der Waals surface area contributed by atoms with E-state index in [0.29, 0.717) is 13.2 Å². The van der Waals surface area contributed by atoms with Crippen LogP contribution in [0, 0.1) is 13.8 Å². The van der Waals surface area contributed by atoms with Crippen molar-refractivity contribution >= 4 is 5.78 Å². The molecule has 0 spiro atoms. The van der Waals surface area contributed by atoms with Gasteiger partial charge in [0.2, 0.25) is 0 Å². The van der Waals surface area contributed by atoms with Crippen LogP contribution in [0.4, 0.5) is 0 Å². The third-order valence-corrected chi connectivity index (χ3v) is 3.25. The van der Waals surface area contributed by atoms with Crippen LogP contribution in [0.25, 0.3) is 0 Å². The number of benzene rings is 1. The average molecular weight is 263 g/mol. The van der Waals surface area contributed by atoms with Crippen LogP contribution in [0.3, 0.4) is 0 Å². The van der Waals surface area contributed by atoms with Crippen LogP contribution in [0.15, 0.2) is 18.2 Å². The van der Waals surface area contributed by atoms with Gasteiger partial charge in [-0.3, -0.25) is 9.69 Å². The van der Waals surface area contributed by atoms with Gasteiger partial charge in [0.15, 0.2) is 5.78 Å². The quantitative estimate of drug-likeness (QED) is 0.533. The molecule has 3 heteroatoms. The predicted molar refractivity (Wildman–Crippen MR) is 78.9 cm³/mol. The second kappa shape index (κ2) is 8.08. The lowest BCUT2D eigenvalue weighted by molar-refractivity contribution is 0.0867. The Hall–Kier alpha value is -1.19. The summed E-state index contributed by atoms with van der Waals surface area (Å²) in [5.74, 6) is 0.191. The number of nitrogens with zero attached hydrogens (tertiary/aromatic N) is 1. The van der Waals surface area contributed by atoms with E-state index >= 15 is 0 Å². The largest absolute Gasteiger partial charge is 0.380 e. The van der Waals surface area contributed by atoms with Crippen molar-refractivity contribution in [3.8, 4) is 0 Å². The van der Waals surface area contributed by atoms with Crippen molar-refractivity contribution in [2.75, 3.05) is 32.8 Å². The summed E-state index contributed by atoms with van der Waals surface area (Å²) < 4.78 is 5.34. The average Bonchev–Trinajstić information content (AvgIpc) is 2.37. The van der Waals surface area contributed by atoms with Crippen molar-refractivity contribution in [3.05, 3.63) is 34.9 Å². The second-order valence-corrected chi connectivity index (χ2v) is 4.81. The molecule has 19 heavy (non-hydrogen) atoms. The van der Waals surface area contributed by atoms with Crippen LogP contribution < -0.4 is 0 Å². The first kappa shape index (κ1) is 15.9. The number of rotatable bonds is 8. The highest BCUT2D eigenvalue weighted by atomic mass is 16.5. The third-order valence-electron chi connectivity index (χ3n) is 3.25. The Kier molecular flexibility index (Phi) is 6.74. The third kappa shape index (κ3) is 5.13. The van der Waals surface area contributed by atoms with Gasteiger partial charge >= 0.3 is 0 Å². The fourth-order valence-electron chi connectivity index (χ4n) is 2.10. The fourth-order valence-corrected chi connectivity index (χ4v) is 2.10. The van der Waals surface area contributed by atoms with Gasteiger partial charge in [0, 0.05) is 18.7 Å². The topological polar surface area (TPSA) is 29.5 Å². The van der Waals surface area contributed by atoms with Crippen LogP contribution in [-0.4, -0.2) is 43.5 Å². The summed E-state index contributed by atoms with van der Waals surface area (Å²) in [5, 5.41) is 0. The Morgan fingerprint density at radius 3 is 2.58 bits per heavy atom. The summed E-state index contributed by atoms with van der Waals surface area (Å²) in [6, 6.07) is 5.99. The molecular formula is C16H25NO2. The molecule has 0 fully saturated rings. The molecule has 106 valence electrons. The lowest BCUT2D eigenvalue weighted by Gasteiger charge is -2.19. The minimum absolute atomic E-state index is 0.191. The molecule has 3 nitrogen and oxygen atoms in total. The highest BCUT2D eigenvalue weighted by Gasteiger charge is 2.13. The molecule has 0 amide bonds. The number of ether oxygens (including phenoxy) is 1. The van der Waals surface area contributed by atoms with Crippen LogP contribution in [0.5, 0.6) is 0 Å². The van der Waals surface area contributed by atoms with Crippen molar-refractivity contribution in [2.45, 2.75) is 27.7 Å². The summed E-state index contributed by atoms with van der Waals surface area (Å²) >= 11 is 0. The SMILES string of the molecule is CCOCCN(CC)CC(=O)c1ccc(C)cc1C. The molecule has 1 rings (SSSR count). The molecule has 0 bridgehead atoms. The molecule has 0 aromatic heterocycles. The molecule has 0 saturated heterocycles. The van der Waals surface area contributed by atoms with E-state index < -0.39 is 0 Å². The van der Waals surface area contributed by atoms with Gasteiger partial charge in [0.1, 0.15) is 0 Å². The van der Waals surface area contributed by atoms with Gasteiger partial charge in [-0.2, -0.15) is 0 Å². The minimum atomic E-state index is 0.191. The fraction of sp³-hybridized carbons (Fsp3) is 0.562. The highest BCUT2D eigenvalue weighted by Crippen LogP contribution is 2.11. The Balaban J connectivity index is 2.61. The molecule has 0 aliphatic carbocycles. The molecule has 0 saturated carbocycles. The molecule has 1 aromatic rings. The number of ketones is 1. The minimum Gasteiger partial charge on any atom is -0.380 e. The zero-order chi connectivity index (χ0) is 14.3. The molecule has 0 aliphatic rings. The van der Waals surface area contributed by atoms with Crippen LogP contribution in [0.1, 0.15) is 35.3 Å². The van der Waals surface area contributed by atoms with Gasteiger partial charge in [0.25, 0.3) is 0 Å². The molecular weight excluding hydrogens is 238 g/mol. The van der Waals surface area contributed by atoms with E-state index in [1.807, 2.05) is 32.9 Å². The Labute approximate surface area is 116 Å². The van der Waals surface area contributed by atoms with Gasteiger partial charge in [-0.05, 0) is 32.9 Å². The van der Waals surface area contributed by atoms with Crippen LogP contribution in [-0.2, 0) is 4.74 Å². The van der Waals surface area contributed by atoms with E-state index in [0.717, 1.165) is 30.8 Å². The maximum absolute atomic E-state index is 12.3. The Bertz CT molecular complexity index is 415. The van der Waals surface area contributed by atoms with Gasteiger partial charge in [0.05, 0.1) is 13.2 Å². The van der Waals surface area contributed by atoms with Crippen molar-refractivity contribution in [1.29, 1.82) is 0 Å². The lowest BCUT2D eigenvalue weighted by atomic mass is 10.0. The van der Waals surface area contributed by atoms with Crippen molar-refractivity contribution in [3.63, 3.8) is 0 Å². The van der Waals surface area contributed by atoms with E-state index in [4.69, 9.17) is 4.74 Å². The first-order valence-corrected chi connectivity index (χ1v) is 6.99. The number of Topliss-reactive ketones (excluding diaryl/α,β-unsaturated/α-hetero) is 1. The number of likely N-dealkylation sites (N-methyl/N-ethyl adjacent to an activating group) is 1. The van der Waals surface area contributed by atoms with Crippen molar-refractivity contribution in [2.24, 2.45) is 0 Å². The van der Waals surface area contributed by atoms with Gasteiger partial charge in [-0.15, -0.1) is 0 Å². The molecule has 0 atom stereocenters. The first-order valence-electron chi connectivity index (χ1n) is 6.99. The van der Waals surface area contributed by atoms with Gasteiger partial charge < -0.3 is 4.74 Å². The maximum atomic E-state index is 12.3. The molecule has 1 aromatic carbocycles. The number of hydrogen-bond donors (Lipinski definition) is 0. The zero-order valence-electron chi connectivity index (χ0n) is 12.5. The van der Waals surface area contributed by atoms with E-state index in [2.05, 4.69) is 17.9 Å². The maximum Gasteiger partial charge on any atom is 0.177 e. The number of carbonyl (C=O) groups excluding carboxylic acids is 1. The summed E-state index contributed by atoms with van der Waals surface area (Å²) in [5.41, 5.74) is 3.09. The predicted octanol–water partition coefficient (Wildman–Crippen LogP) is 2.84. The van der Waals surface area contributed by atoms with Gasteiger partial charge in [-0.25, -0.2) is 0 Å². The molecule has 0 radical (unpaired) electrons. The van der Waals surface area contributed by atoms with Crippen LogP contribution in [0.2, 0.25) is 0 Å². The van der Waals surface area contributed by atoms with Gasteiger partial charge in [-0.1, -0.05) is 30.7 Å². The summed E-state index contributed by atoms with van der Waals surface area (Å²) in [4.78, 5) is 14.4. The molecule has 0 aliphatic heterocycles.